The molecule has 2 aromatic heterocycles. The number of ether oxygens (including phenoxy) is 2. The highest BCUT2D eigenvalue weighted by Gasteiger charge is 2.27. The van der Waals surface area contributed by atoms with Crippen molar-refractivity contribution in [3.8, 4) is 11.5 Å². The number of fused-ring (bicyclic) bond motifs is 2. The van der Waals surface area contributed by atoms with E-state index < -0.39 is 12.0 Å². The SMILES string of the molecule is CN(Cc1cnc2ccccn12)[C@H](C(=O)O)c1ccc2c(c1)OCCO2. The molecule has 0 unspecified atom stereocenters. The second-order valence-corrected chi connectivity index (χ2v) is 6.24. The van der Waals surface area contributed by atoms with Gasteiger partial charge in [0, 0.05) is 12.7 Å². The van der Waals surface area contributed by atoms with E-state index in [2.05, 4.69) is 4.98 Å². The Kier molecular flexibility index (Phi) is 4.22. The molecule has 0 saturated heterocycles. The van der Waals surface area contributed by atoms with Crippen molar-refractivity contribution in [2.45, 2.75) is 12.6 Å². The Morgan fingerprint density at radius 1 is 1.27 bits per heavy atom. The van der Waals surface area contributed by atoms with E-state index in [0.29, 0.717) is 36.8 Å². The van der Waals surface area contributed by atoms with Gasteiger partial charge in [-0.05, 0) is 36.9 Å². The van der Waals surface area contributed by atoms with Crippen molar-refractivity contribution in [2.24, 2.45) is 0 Å². The quantitative estimate of drug-likeness (QED) is 0.759. The predicted octanol–water partition coefficient (Wildman–Crippen LogP) is 2.36. The van der Waals surface area contributed by atoms with Crippen LogP contribution in [0.4, 0.5) is 0 Å². The third-order valence-corrected chi connectivity index (χ3v) is 4.46. The van der Waals surface area contributed by atoms with Crippen molar-refractivity contribution in [1.82, 2.24) is 14.3 Å². The molecular weight excluding hydrogens is 334 g/mol. The number of carboxylic acid groups (broad SMARTS) is 1. The van der Waals surface area contributed by atoms with Gasteiger partial charge in [0.25, 0.3) is 0 Å². The number of nitrogens with zero attached hydrogens (tertiary/aromatic N) is 3. The molecule has 26 heavy (non-hydrogen) atoms. The van der Waals surface area contributed by atoms with Crippen molar-refractivity contribution < 1.29 is 19.4 Å². The van der Waals surface area contributed by atoms with Crippen LogP contribution in [0.15, 0.2) is 48.8 Å². The Bertz CT molecular complexity index is 953. The van der Waals surface area contributed by atoms with E-state index in [1.807, 2.05) is 28.8 Å². The molecule has 3 aromatic rings. The van der Waals surface area contributed by atoms with Crippen molar-refractivity contribution in [1.29, 1.82) is 0 Å². The van der Waals surface area contributed by atoms with Gasteiger partial charge < -0.3 is 19.0 Å². The highest BCUT2D eigenvalue weighted by atomic mass is 16.6. The second kappa shape index (κ2) is 6.68. The minimum atomic E-state index is -0.919. The standard InChI is InChI=1S/C19H19N3O4/c1-21(12-14-11-20-17-4-2-3-7-22(14)17)18(19(23)24)13-5-6-15-16(10-13)26-9-8-25-15/h2-7,10-11,18H,8-9,12H2,1H3,(H,23,24)/t18-/m0/s1. The summed E-state index contributed by atoms with van der Waals surface area (Å²) >= 11 is 0. The van der Waals surface area contributed by atoms with Crippen LogP contribution in [0.25, 0.3) is 5.65 Å². The summed E-state index contributed by atoms with van der Waals surface area (Å²) in [6.07, 6.45) is 3.69. The van der Waals surface area contributed by atoms with Crippen LogP contribution in [0.2, 0.25) is 0 Å². The van der Waals surface area contributed by atoms with Gasteiger partial charge in [-0.1, -0.05) is 12.1 Å². The molecule has 1 aromatic carbocycles. The fourth-order valence-electron chi connectivity index (χ4n) is 3.26. The number of pyridine rings is 1. The molecular formula is C19H19N3O4. The molecule has 0 spiro atoms. The summed E-state index contributed by atoms with van der Waals surface area (Å²) in [4.78, 5) is 18.1. The molecule has 3 heterocycles. The van der Waals surface area contributed by atoms with Gasteiger partial charge in [0.15, 0.2) is 11.5 Å². The normalized spacial score (nSPS) is 14.5. The molecule has 1 N–H and O–H groups in total. The van der Waals surface area contributed by atoms with E-state index in [0.717, 1.165) is 11.3 Å². The number of carbonyl (C=O) groups is 1. The van der Waals surface area contributed by atoms with Gasteiger partial charge in [-0.2, -0.15) is 0 Å². The first-order valence-electron chi connectivity index (χ1n) is 8.37. The highest BCUT2D eigenvalue weighted by molar-refractivity contribution is 5.76. The number of hydrogen-bond donors (Lipinski definition) is 1. The molecule has 134 valence electrons. The molecule has 7 nitrogen and oxygen atoms in total. The molecule has 0 aliphatic carbocycles. The molecule has 0 amide bonds. The summed E-state index contributed by atoms with van der Waals surface area (Å²) in [5.74, 6) is 0.315. The summed E-state index contributed by atoms with van der Waals surface area (Å²) in [5, 5.41) is 9.81. The van der Waals surface area contributed by atoms with Crippen LogP contribution in [0, 0.1) is 0 Å². The zero-order valence-electron chi connectivity index (χ0n) is 14.3. The smallest absolute Gasteiger partial charge is 0.325 e. The van der Waals surface area contributed by atoms with Crippen LogP contribution in [0.5, 0.6) is 11.5 Å². The lowest BCUT2D eigenvalue weighted by Gasteiger charge is -2.26. The summed E-state index contributed by atoms with van der Waals surface area (Å²) in [6.45, 7) is 1.41. The molecule has 0 bridgehead atoms. The Morgan fingerprint density at radius 3 is 2.88 bits per heavy atom. The zero-order valence-corrected chi connectivity index (χ0v) is 14.3. The first-order valence-corrected chi connectivity index (χ1v) is 8.37. The van der Waals surface area contributed by atoms with E-state index in [1.54, 1.807) is 36.3 Å². The Morgan fingerprint density at radius 2 is 2.08 bits per heavy atom. The van der Waals surface area contributed by atoms with Gasteiger partial charge in [-0.3, -0.25) is 9.69 Å². The number of rotatable bonds is 5. The van der Waals surface area contributed by atoms with Crippen molar-refractivity contribution in [3.63, 3.8) is 0 Å². The topological polar surface area (TPSA) is 76.3 Å². The maximum atomic E-state index is 12.0. The molecule has 0 fully saturated rings. The first-order chi connectivity index (χ1) is 12.6. The van der Waals surface area contributed by atoms with Crippen LogP contribution < -0.4 is 9.47 Å². The Labute approximate surface area is 150 Å². The van der Waals surface area contributed by atoms with E-state index >= 15 is 0 Å². The number of likely N-dealkylation sites (N-methyl/N-ethyl adjacent to an activating group) is 1. The summed E-state index contributed by atoms with van der Waals surface area (Å²) < 4.78 is 13.1. The summed E-state index contributed by atoms with van der Waals surface area (Å²) in [6, 6.07) is 10.2. The molecule has 0 radical (unpaired) electrons. The lowest BCUT2D eigenvalue weighted by Crippen LogP contribution is -2.31. The zero-order chi connectivity index (χ0) is 18.1. The lowest BCUT2D eigenvalue weighted by molar-refractivity contribution is -0.143. The molecule has 4 rings (SSSR count). The number of benzene rings is 1. The molecule has 1 aliphatic heterocycles. The lowest BCUT2D eigenvalue weighted by atomic mass is 10.0. The Hall–Kier alpha value is -3.06. The number of imidazole rings is 1. The average molecular weight is 353 g/mol. The summed E-state index contributed by atoms with van der Waals surface area (Å²) in [7, 11) is 1.79. The minimum Gasteiger partial charge on any atom is -0.486 e. The van der Waals surface area contributed by atoms with Crippen LogP contribution in [-0.4, -0.2) is 45.6 Å². The van der Waals surface area contributed by atoms with E-state index in [1.165, 1.54) is 0 Å². The van der Waals surface area contributed by atoms with Gasteiger partial charge >= 0.3 is 5.97 Å². The van der Waals surface area contributed by atoms with Gasteiger partial charge in [0.05, 0.1) is 11.9 Å². The fourth-order valence-corrected chi connectivity index (χ4v) is 3.26. The fraction of sp³-hybridized carbons (Fsp3) is 0.263. The predicted molar refractivity (Wildman–Crippen MR) is 94.5 cm³/mol. The van der Waals surface area contributed by atoms with Crippen LogP contribution >= 0.6 is 0 Å². The van der Waals surface area contributed by atoms with Crippen LogP contribution in [-0.2, 0) is 11.3 Å². The maximum Gasteiger partial charge on any atom is 0.325 e. The largest absolute Gasteiger partial charge is 0.486 e. The van der Waals surface area contributed by atoms with Crippen molar-refractivity contribution >= 4 is 11.6 Å². The molecule has 7 heteroatoms. The molecule has 1 aliphatic rings. The minimum absolute atomic E-state index is 0.441. The monoisotopic (exact) mass is 353 g/mol. The van der Waals surface area contributed by atoms with E-state index in [-0.39, 0.29) is 0 Å². The van der Waals surface area contributed by atoms with E-state index in [4.69, 9.17) is 9.47 Å². The second-order valence-electron chi connectivity index (χ2n) is 6.24. The number of hydrogen-bond acceptors (Lipinski definition) is 5. The van der Waals surface area contributed by atoms with Gasteiger partial charge in [-0.15, -0.1) is 0 Å². The number of aliphatic carboxylic acids is 1. The first kappa shape index (κ1) is 16.4. The summed E-state index contributed by atoms with van der Waals surface area (Å²) in [5.41, 5.74) is 2.41. The Balaban J connectivity index is 1.63. The average Bonchev–Trinajstić information content (AvgIpc) is 3.04. The number of carboxylic acids is 1. The number of aromatic nitrogens is 2. The molecule has 1 atom stereocenters. The van der Waals surface area contributed by atoms with Gasteiger partial charge in [0.2, 0.25) is 0 Å². The third kappa shape index (κ3) is 2.97. The van der Waals surface area contributed by atoms with Crippen molar-refractivity contribution in [3.05, 3.63) is 60.0 Å². The third-order valence-electron chi connectivity index (χ3n) is 4.46. The van der Waals surface area contributed by atoms with E-state index in [9.17, 15) is 9.90 Å². The van der Waals surface area contributed by atoms with Crippen molar-refractivity contribution in [2.75, 3.05) is 20.3 Å². The van der Waals surface area contributed by atoms with Gasteiger partial charge in [0.1, 0.15) is 24.9 Å². The maximum absolute atomic E-state index is 12.0. The molecule has 0 saturated carbocycles. The van der Waals surface area contributed by atoms with Crippen LogP contribution in [0.1, 0.15) is 17.3 Å². The van der Waals surface area contributed by atoms with Gasteiger partial charge in [-0.25, -0.2) is 4.98 Å². The highest BCUT2D eigenvalue weighted by Crippen LogP contribution is 2.34. The van der Waals surface area contributed by atoms with Crippen LogP contribution in [0.3, 0.4) is 0 Å².